The quantitative estimate of drug-likeness (QED) is 0.792. The number of rotatable bonds is 4. The van der Waals surface area contributed by atoms with Gasteiger partial charge in [-0.1, -0.05) is 0 Å². The van der Waals surface area contributed by atoms with Gasteiger partial charge in [-0.25, -0.2) is 4.58 Å². The van der Waals surface area contributed by atoms with Crippen molar-refractivity contribution in [2.45, 2.75) is 18.9 Å². The number of benzene rings is 2. The Balaban J connectivity index is 1.80. The van der Waals surface area contributed by atoms with E-state index in [1.54, 1.807) is 28.4 Å². The van der Waals surface area contributed by atoms with Gasteiger partial charge in [0, 0.05) is 24.0 Å². The Bertz CT molecular complexity index is 888. The third-order valence-corrected chi connectivity index (χ3v) is 5.41. The predicted octanol–water partition coefficient (Wildman–Crippen LogP) is 3.01. The number of nitrogens with zero attached hydrogens (tertiary/aromatic N) is 1. The smallest absolute Gasteiger partial charge is 0.182 e. The molecule has 0 bridgehead atoms. The van der Waals surface area contributed by atoms with Crippen LogP contribution in [-0.2, 0) is 12.8 Å². The molecule has 0 N–H and O–H groups in total. The third kappa shape index (κ3) is 2.59. The van der Waals surface area contributed by atoms with E-state index >= 15 is 0 Å². The van der Waals surface area contributed by atoms with E-state index in [1.807, 2.05) is 0 Å². The zero-order valence-electron chi connectivity index (χ0n) is 15.7. The second-order valence-corrected chi connectivity index (χ2v) is 6.65. The van der Waals surface area contributed by atoms with Crippen molar-refractivity contribution in [3.05, 3.63) is 46.5 Å². The van der Waals surface area contributed by atoms with Crippen LogP contribution < -0.4 is 18.9 Å². The molecule has 0 aromatic heterocycles. The van der Waals surface area contributed by atoms with E-state index in [-0.39, 0.29) is 0 Å². The highest BCUT2D eigenvalue weighted by atomic mass is 16.5. The number of hydrogen-bond donors (Lipinski definition) is 0. The minimum absolute atomic E-state index is 0.296. The molecule has 0 aliphatic carbocycles. The first-order valence-corrected chi connectivity index (χ1v) is 8.78. The number of fused-ring (bicyclic) bond motifs is 4. The molecule has 0 saturated heterocycles. The molecule has 2 aromatic carbocycles. The normalized spacial score (nSPS) is 17.4. The van der Waals surface area contributed by atoms with E-state index < -0.39 is 0 Å². The lowest BCUT2D eigenvalue weighted by Gasteiger charge is -2.29. The van der Waals surface area contributed by atoms with Crippen molar-refractivity contribution in [1.82, 2.24) is 0 Å². The largest absolute Gasteiger partial charge is 0.493 e. The minimum atomic E-state index is 0.296. The van der Waals surface area contributed by atoms with Gasteiger partial charge < -0.3 is 18.9 Å². The number of ether oxygens (including phenoxy) is 4. The molecule has 0 fully saturated rings. The van der Waals surface area contributed by atoms with Gasteiger partial charge in [-0.05, 0) is 35.4 Å². The van der Waals surface area contributed by atoms with Crippen molar-refractivity contribution in [3.8, 4) is 23.0 Å². The lowest BCUT2D eigenvalue weighted by molar-refractivity contribution is -0.573. The highest BCUT2D eigenvalue weighted by molar-refractivity contribution is 5.81. The fraction of sp³-hybridized carbons (Fsp3) is 0.381. The summed E-state index contributed by atoms with van der Waals surface area (Å²) < 4.78 is 24.4. The van der Waals surface area contributed by atoms with Crippen LogP contribution in [0.15, 0.2) is 24.3 Å². The zero-order valence-corrected chi connectivity index (χ0v) is 15.7. The molecule has 26 heavy (non-hydrogen) atoms. The highest BCUT2D eigenvalue weighted by Crippen LogP contribution is 2.41. The molecule has 0 spiro atoms. The maximum Gasteiger partial charge on any atom is 0.182 e. The van der Waals surface area contributed by atoms with Crippen LogP contribution in [0.5, 0.6) is 23.0 Å². The van der Waals surface area contributed by atoms with Crippen molar-refractivity contribution < 1.29 is 23.5 Å². The van der Waals surface area contributed by atoms with Gasteiger partial charge in [-0.2, -0.15) is 0 Å². The van der Waals surface area contributed by atoms with E-state index in [0.717, 1.165) is 42.4 Å². The van der Waals surface area contributed by atoms with Crippen LogP contribution in [-0.4, -0.2) is 45.8 Å². The van der Waals surface area contributed by atoms with Crippen LogP contribution in [0.25, 0.3) is 0 Å². The van der Waals surface area contributed by atoms with E-state index in [4.69, 9.17) is 18.9 Å². The molecule has 0 radical (unpaired) electrons. The Kier molecular flexibility index (Phi) is 4.23. The Hall–Kier alpha value is -2.69. The Morgan fingerprint density at radius 1 is 0.769 bits per heavy atom. The second kappa shape index (κ2) is 6.56. The fourth-order valence-electron chi connectivity index (χ4n) is 4.05. The van der Waals surface area contributed by atoms with Gasteiger partial charge >= 0.3 is 0 Å². The summed E-state index contributed by atoms with van der Waals surface area (Å²) in [6.07, 6.45) is 4.16. The summed E-state index contributed by atoms with van der Waals surface area (Å²) in [5, 5.41) is 0. The summed E-state index contributed by atoms with van der Waals surface area (Å²) in [6, 6.07) is 8.70. The summed E-state index contributed by atoms with van der Waals surface area (Å²) in [6.45, 7) is 0.987. The lowest BCUT2D eigenvalue weighted by atomic mass is 9.85. The van der Waals surface area contributed by atoms with Gasteiger partial charge in [0.2, 0.25) is 0 Å². The van der Waals surface area contributed by atoms with Gasteiger partial charge in [-0.3, -0.25) is 0 Å². The average Bonchev–Trinajstić information content (AvgIpc) is 2.69. The number of methoxy groups -OCH3 is 4. The first kappa shape index (κ1) is 16.8. The Labute approximate surface area is 153 Å². The molecule has 4 rings (SSSR count). The predicted molar refractivity (Wildman–Crippen MR) is 99.5 cm³/mol. The average molecular weight is 354 g/mol. The number of hydrogen-bond acceptors (Lipinski definition) is 4. The van der Waals surface area contributed by atoms with Crippen molar-refractivity contribution >= 4 is 6.21 Å². The molecule has 2 heterocycles. The molecule has 1 atom stereocenters. The minimum Gasteiger partial charge on any atom is -0.493 e. The van der Waals surface area contributed by atoms with Crippen LogP contribution in [0.4, 0.5) is 0 Å². The molecule has 2 aliphatic rings. The van der Waals surface area contributed by atoms with Crippen LogP contribution in [0.3, 0.4) is 0 Å². The van der Waals surface area contributed by atoms with E-state index in [2.05, 4.69) is 35.1 Å². The molecule has 2 aromatic rings. The second-order valence-electron chi connectivity index (χ2n) is 6.65. The first-order chi connectivity index (χ1) is 12.7. The SMILES string of the molecule is COc1cc2c(cc1OC)CC1c3cc(OC)c(OC)cc3CC[N+]1=C2. The summed E-state index contributed by atoms with van der Waals surface area (Å²) in [4.78, 5) is 0. The van der Waals surface area contributed by atoms with Gasteiger partial charge in [0.15, 0.2) is 35.3 Å². The van der Waals surface area contributed by atoms with Crippen LogP contribution >= 0.6 is 0 Å². The van der Waals surface area contributed by atoms with Crippen molar-refractivity contribution in [2.24, 2.45) is 0 Å². The van der Waals surface area contributed by atoms with Gasteiger partial charge in [0.25, 0.3) is 0 Å². The Morgan fingerprint density at radius 3 is 2.00 bits per heavy atom. The molecule has 0 amide bonds. The van der Waals surface area contributed by atoms with Crippen LogP contribution in [0.1, 0.15) is 28.3 Å². The molecule has 5 nitrogen and oxygen atoms in total. The molecule has 1 unspecified atom stereocenters. The molecular formula is C21H24NO4+. The molecular weight excluding hydrogens is 330 g/mol. The Morgan fingerprint density at radius 2 is 1.35 bits per heavy atom. The molecule has 5 heteroatoms. The van der Waals surface area contributed by atoms with Crippen molar-refractivity contribution in [2.75, 3.05) is 35.0 Å². The highest BCUT2D eigenvalue weighted by Gasteiger charge is 2.36. The van der Waals surface area contributed by atoms with Crippen LogP contribution in [0.2, 0.25) is 0 Å². The van der Waals surface area contributed by atoms with Gasteiger partial charge in [0.05, 0.1) is 28.4 Å². The van der Waals surface area contributed by atoms with E-state index in [0.29, 0.717) is 6.04 Å². The maximum atomic E-state index is 5.53. The standard InChI is InChI=1S/C21H24NO4/c1-23-18-8-13-5-6-22-12-15-10-20(25-3)19(24-2)9-14(15)7-17(22)16(13)11-21(18)26-4/h8-12,17H,5-7H2,1-4H3/q+1. The zero-order chi connectivity index (χ0) is 18.3. The fourth-order valence-corrected chi connectivity index (χ4v) is 4.05. The van der Waals surface area contributed by atoms with Gasteiger partial charge in [0.1, 0.15) is 6.54 Å². The third-order valence-electron chi connectivity index (χ3n) is 5.41. The monoisotopic (exact) mass is 354 g/mol. The molecule has 0 saturated carbocycles. The van der Waals surface area contributed by atoms with Crippen LogP contribution in [0, 0.1) is 0 Å². The maximum absolute atomic E-state index is 5.53. The van der Waals surface area contributed by atoms with Gasteiger partial charge in [-0.15, -0.1) is 0 Å². The summed E-state index contributed by atoms with van der Waals surface area (Å²) in [5.74, 6) is 3.12. The lowest BCUT2D eigenvalue weighted by Crippen LogP contribution is -2.33. The summed E-state index contributed by atoms with van der Waals surface area (Å²) in [5.41, 5.74) is 5.11. The van der Waals surface area contributed by atoms with Crippen molar-refractivity contribution in [1.29, 1.82) is 0 Å². The molecule has 136 valence electrons. The van der Waals surface area contributed by atoms with E-state index in [9.17, 15) is 0 Å². The van der Waals surface area contributed by atoms with E-state index in [1.165, 1.54) is 22.3 Å². The summed E-state index contributed by atoms with van der Waals surface area (Å²) in [7, 11) is 6.72. The summed E-state index contributed by atoms with van der Waals surface area (Å²) >= 11 is 0. The topological polar surface area (TPSA) is 39.9 Å². The first-order valence-electron chi connectivity index (χ1n) is 8.78. The van der Waals surface area contributed by atoms with Crippen molar-refractivity contribution in [3.63, 3.8) is 0 Å². The molecule has 2 aliphatic heterocycles.